The summed E-state index contributed by atoms with van der Waals surface area (Å²) in [4.78, 5) is 33.9. The second-order valence-corrected chi connectivity index (χ2v) is 2.95. The van der Waals surface area contributed by atoms with E-state index in [4.69, 9.17) is 5.73 Å². The third-order valence-corrected chi connectivity index (χ3v) is 2.08. The van der Waals surface area contributed by atoms with Crippen molar-refractivity contribution in [1.29, 1.82) is 0 Å². The van der Waals surface area contributed by atoms with E-state index in [1.807, 2.05) is 0 Å². The SMILES string of the molecule is NC(=O)N1C(=O)c2cccc(F)c2C1=O. The van der Waals surface area contributed by atoms with E-state index in [0.717, 1.165) is 6.07 Å². The highest BCUT2D eigenvalue weighted by atomic mass is 19.1. The second kappa shape index (κ2) is 2.88. The van der Waals surface area contributed by atoms with Crippen LogP contribution in [0.15, 0.2) is 18.2 Å². The van der Waals surface area contributed by atoms with Gasteiger partial charge in [-0.05, 0) is 12.1 Å². The summed E-state index contributed by atoms with van der Waals surface area (Å²) in [5.74, 6) is -2.74. The quantitative estimate of drug-likeness (QED) is 0.630. The van der Waals surface area contributed by atoms with Gasteiger partial charge in [0.05, 0.1) is 11.1 Å². The number of halogens is 1. The van der Waals surface area contributed by atoms with E-state index in [2.05, 4.69) is 0 Å². The molecule has 6 heteroatoms. The molecule has 76 valence electrons. The number of urea groups is 1. The van der Waals surface area contributed by atoms with E-state index < -0.39 is 29.2 Å². The van der Waals surface area contributed by atoms with Crippen molar-refractivity contribution in [2.45, 2.75) is 0 Å². The van der Waals surface area contributed by atoms with Crippen LogP contribution in [0.25, 0.3) is 0 Å². The van der Waals surface area contributed by atoms with Crippen molar-refractivity contribution in [3.05, 3.63) is 35.1 Å². The van der Waals surface area contributed by atoms with Crippen molar-refractivity contribution >= 4 is 17.8 Å². The van der Waals surface area contributed by atoms with E-state index in [1.54, 1.807) is 0 Å². The predicted octanol–water partition coefficient (Wildman–Crippen LogP) is 0.500. The molecule has 0 aliphatic carbocycles. The molecule has 1 aliphatic rings. The van der Waals surface area contributed by atoms with Crippen LogP contribution in [0, 0.1) is 5.82 Å². The zero-order valence-corrected chi connectivity index (χ0v) is 7.36. The molecule has 4 amide bonds. The number of carbonyl (C=O) groups is 3. The molecule has 0 saturated heterocycles. The molecule has 0 unspecified atom stereocenters. The van der Waals surface area contributed by atoms with E-state index in [-0.39, 0.29) is 10.5 Å². The standard InChI is InChI=1S/C9H5FN2O3/c10-5-3-1-2-4-6(5)8(14)12(7(4)13)9(11)15/h1-3H,(H2,11,15). The van der Waals surface area contributed by atoms with Gasteiger partial charge in [-0.25, -0.2) is 9.18 Å². The molecule has 1 heterocycles. The predicted molar refractivity (Wildman–Crippen MR) is 46.5 cm³/mol. The Bertz CT molecular complexity index is 498. The Labute approximate surface area is 83.3 Å². The number of rotatable bonds is 0. The number of nitrogens with two attached hydrogens (primary N) is 1. The lowest BCUT2D eigenvalue weighted by Crippen LogP contribution is -2.40. The van der Waals surface area contributed by atoms with Gasteiger partial charge in [-0.3, -0.25) is 9.59 Å². The number of benzene rings is 1. The first kappa shape index (κ1) is 9.32. The van der Waals surface area contributed by atoms with Crippen LogP contribution >= 0.6 is 0 Å². The molecular formula is C9H5FN2O3. The highest BCUT2D eigenvalue weighted by Crippen LogP contribution is 2.24. The van der Waals surface area contributed by atoms with Gasteiger partial charge in [0, 0.05) is 0 Å². The molecule has 1 aliphatic heterocycles. The molecule has 0 radical (unpaired) electrons. The van der Waals surface area contributed by atoms with Crippen LogP contribution in [-0.2, 0) is 0 Å². The Kier molecular flexibility index (Phi) is 1.79. The number of imide groups is 3. The summed E-state index contributed by atoms with van der Waals surface area (Å²) in [6, 6.07) is 2.38. The maximum absolute atomic E-state index is 13.2. The second-order valence-electron chi connectivity index (χ2n) is 2.95. The Morgan fingerprint density at radius 3 is 2.47 bits per heavy atom. The van der Waals surface area contributed by atoms with Gasteiger partial charge < -0.3 is 5.73 Å². The fraction of sp³-hybridized carbons (Fsp3) is 0. The largest absolute Gasteiger partial charge is 0.351 e. The van der Waals surface area contributed by atoms with Crippen molar-refractivity contribution < 1.29 is 18.8 Å². The van der Waals surface area contributed by atoms with Gasteiger partial charge in [0.25, 0.3) is 11.8 Å². The van der Waals surface area contributed by atoms with Crippen LogP contribution in [0.1, 0.15) is 20.7 Å². The fourth-order valence-corrected chi connectivity index (χ4v) is 1.44. The summed E-state index contributed by atoms with van der Waals surface area (Å²) >= 11 is 0. The molecule has 15 heavy (non-hydrogen) atoms. The molecule has 1 aromatic carbocycles. The average Bonchev–Trinajstić information content (AvgIpc) is 2.40. The van der Waals surface area contributed by atoms with Gasteiger partial charge in [0.2, 0.25) is 0 Å². The first-order valence-corrected chi connectivity index (χ1v) is 4.00. The number of carbonyl (C=O) groups excluding carboxylic acids is 3. The number of amides is 4. The Morgan fingerprint density at radius 2 is 1.93 bits per heavy atom. The molecule has 1 aromatic rings. The summed E-state index contributed by atoms with van der Waals surface area (Å²) in [5.41, 5.74) is 4.29. The number of nitrogens with zero attached hydrogens (tertiary/aromatic N) is 1. The summed E-state index contributed by atoms with van der Waals surface area (Å²) < 4.78 is 13.2. The smallest absolute Gasteiger partial charge is 0.328 e. The van der Waals surface area contributed by atoms with Gasteiger partial charge in [-0.2, -0.15) is 4.90 Å². The first-order valence-electron chi connectivity index (χ1n) is 4.00. The van der Waals surface area contributed by atoms with Crippen molar-refractivity contribution in [1.82, 2.24) is 4.90 Å². The third-order valence-electron chi connectivity index (χ3n) is 2.08. The van der Waals surface area contributed by atoms with Crippen molar-refractivity contribution in [2.24, 2.45) is 5.73 Å². The highest BCUT2D eigenvalue weighted by molar-refractivity contribution is 6.28. The molecule has 0 fully saturated rings. The van der Waals surface area contributed by atoms with Crippen LogP contribution in [-0.4, -0.2) is 22.7 Å². The number of hydrogen-bond donors (Lipinski definition) is 1. The minimum atomic E-state index is -1.21. The summed E-state index contributed by atoms with van der Waals surface area (Å²) in [5, 5.41) is 0. The molecule has 0 spiro atoms. The lowest BCUT2D eigenvalue weighted by molar-refractivity contribution is 0.0709. The lowest BCUT2D eigenvalue weighted by Gasteiger charge is -2.06. The maximum atomic E-state index is 13.2. The van der Waals surface area contributed by atoms with Gasteiger partial charge in [0.1, 0.15) is 5.82 Å². The molecule has 5 nitrogen and oxygen atoms in total. The zero-order chi connectivity index (χ0) is 11.2. The molecule has 2 N–H and O–H groups in total. The summed E-state index contributed by atoms with van der Waals surface area (Å²) in [6.45, 7) is 0. The minimum absolute atomic E-state index is 0.140. The normalized spacial score (nSPS) is 14.3. The van der Waals surface area contributed by atoms with Crippen molar-refractivity contribution in [3.63, 3.8) is 0 Å². The topological polar surface area (TPSA) is 80.5 Å². The van der Waals surface area contributed by atoms with Crippen LogP contribution in [0.2, 0.25) is 0 Å². The average molecular weight is 208 g/mol. The van der Waals surface area contributed by atoms with Crippen LogP contribution in [0.5, 0.6) is 0 Å². The molecular weight excluding hydrogens is 203 g/mol. The minimum Gasteiger partial charge on any atom is -0.351 e. The molecule has 0 saturated carbocycles. The molecule has 0 aromatic heterocycles. The first-order chi connectivity index (χ1) is 7.04. The highest BCUT2D eigenvalue weighted by Gasteiger charge is 2.40. The van der Waals surface area contributed by atoms with Crippen molar-refractivity contribution in [2.75, 3.05) is 0 Å². The zero-order valence-electron chi connectivity index (χ0n) is 7.36. The maximum Gasteiger partial charge on any atom is 0.328 e. The third kappa shape index (κ3) is 1.11. The van der Waals surface area contributed by atoms with Crippen LogP contribution in [0.4, 0.5) is 9.18 Å². The Hall–Kier alpha value is -2.24. The van der Waals surface area contributed by atoms with Gasteiger partial charge in [0.15, 0.2) is 0 Å². The lowest BCUT2D eigenvalue weighted by atomic mass is 10.1. The Balaban J connectivity index is 2.66. The van der Waals surface area contributed by atoms with E-state index in [9.17, 15) is 18.8 Å². The van der Waals surface area contributed by atoms with E-state index >= 15 is 0 Å². The van der Waals surface area contributed by atoms with Crippen LogP contribution in [0.3, 0.4) is 0 Å². The summed E-state index contributed by atoms with van der Waals surface area (Å²) in [7, 11) is 0. The van der Waals surface area contributed by atoms with Gasteiger partial charge >= 0.3 is 6.03 Å². The number of fused-ring (bicyclic) bond motifs is 1. The molecule has 0 bridgehead atoms. The van der Waals surface area contributed by atoms with Gasteiger partial charge in [-0.1, -0.05) is 6.07 Å². The fourth-order valence-electron chi connectivity index (χ4n) is 1.44. The number of primary amides is 1. The van der Waals surface area contributed by atoms with E-state index in [1.165, 1.54) is 12.1 Å². The Morgan fingerprint density at radius 1 is 1.27 bits per heavy atom. The van der Waals surface area contributed by atoms with Gasteiger partial charge in [-0.15, -0.1) is 0 Å². The number of hydrogen-bond acceptors (Lipinski definition) is 3. The molecule has 2 rings (SSSR count). The van der Waals surface area contributed by atoms with E-state index in [0.29, 0.717) is 0 Å². The molecule has 0 atom stereocenters. The van der Waals surface area contributed by atoms with Crippen LogP contribution < -0.4 is 5.73 Å². The monoisotopic (exact) mass is 208 g/mol. The summed E-state index contributed by atoms with van der Waals surface area (Å²) in [6.07, 6.45) is 0. The van der Waals surface area contributed by atoms with Crippen molar-refractivity contribution in [3.8, 4) is 0 Å².